The van der Waals surface area contributed by atoms with Gasteiger partial charge < -0.3 is 0 Å². The number of pyridine rings is 1. The summed E-state index contributed by atoms with van der Waals surface area (Å²) >= 11 is 0. The molecule has 1 saturated carbocycles. The average molecular weight is 229 g/mol. The van der Waals surface area contributed by atoms with Gasteiger partial charge >= 0.3 is 0 Å². The summed E-state index contributed by atoms with van der Waals surface area (Å²) in [6.45, 7) is 5.28. The molecule has 0 saturated heterocycles. The van der Waals surface area contributed by atoms with Crippen LogP contribution in [-0.4, -0.2) is 14.8 Å². The van der Waals surface area contributed by atoms with Gasteiger partial charge in [-0.2, -0.15) is 5.10 Å². The summed E-state index contributed by atoms with van der Waals surface area (Å²) < 4.78 is 2.07. The maximum atomic E-state index is 4.66. The highest BCUT2D eigenvalue weighted by Crippen LogP contribution is 2.43. The summed E-state index contributed by atoms with van der Waals surface area (Å²) in [7, 11) is 0. The molecule has 17 heavy (non-hydrogen) atoms. The SMILES string of the molecule is CCCCn1ncc2c(C3CC3)cc(C)nc21. The maximum Gasteiger partial charge on any atom is 0.158 e. The molecule has 2 heterocycles. The van der Waals surface area contributed by atoms with Crippen LogP contribution in [-0.2, 0) is 6.54 Å². The molecule has 0 N–H and O–H groups in total. The zero-order chi connectivity index (χ0) is 11.8. The van der Waals surface area contributed by atoms with Gasteiger partial charge in [-0.25, -0.2) is 9.67 Å². The smallest absolute Gasteiger partial charge is 0.158 e. The second kappa shape index (κ2) is 4.13. The fraction of sp³-hybridized carbons (Fsp3) is 0.571. The standard InChI is InChI=1S/C14H19N3/c1-3-4-7-17-14-13(9-15-17)12(11-5-6-11)8-10(2)16-14/h8-9,11H,3-7H2,1-2H3. The highest BCUT2D eigenvalue weighted by molar-refractivity contribution is 5.80. The van der Waals surface area contributed by atoms with E-state index in [0.29, 0.717) is 0 Å². The predicted molar refractivity (Wildman–Crippen MR) is 69.1 cm³/mol. The normalized spacial score (nSPS) is 15.6. The third kappa shape index (κ3) is 1.94. The first kappa shape index (κ1) is 10.8. The Bertz CT molecular complexity index is 538. The van der Waals surface area contributed by atoms with Crippen molar-refractivity contribution in [3.8, 4) is 0 Å². The topological polar surface area (TPSA) is 30.7 Å². The van der Waals surface area contributed by atoms with E-state index in [2.05, 4.69) is 34.7 Å². The van der Waals surface area contributed by atoms with Crippen LogP contribution in [0.25, 0.3) is 11.0 Å². The Morgan fingerprint density at radius 2 is 2.24 bits per heavy atom. The number of hydrogen-bond donors (Lipinski definition) is 0. The number of aromatic nitrogens is 3. The summed E-state index contributed by atoms with van der Waals surface area (Å²) in [6.07, 6.45) is 7.04. The van der Waals surface area contributed by atoms with Crippen molar-refractivity contribution in [2.45, 2.75) is 52.0 Å². The van der Waals surface area contributed by atoms with Gasteiger partial charge in [0.05, 0.1) is 6.20 Å². The first-order valence-electron chi connectivity index (χ1n) is 6.62. The lowest BCUT2D eigenvalue weighted by atomic mass is 10.1. The summed E-state index contributed by atoms with van der Waals surface area (Å²) in [5, 5.41) is 5.77. The number of rotatable bonds is 4. The quantitative estimate of drug-likeness (QED) is 0.804. The Labute approximate surface area is 102 Å². The van der Waals surface area contributed by atoms with E-state index < -0.39 is 0 Å². The molecular formula is C14H19N3. The van der Waals surface area contributed by atoms with E-state index in [-0.39, 0.29) is 0 Å². The van der Waals surface area contributed by atoms with Gasteiger partial charge in [-0.3, -0.25) is 0 Å². The van der Waals surface area contributed by atoms with Crippen molar-refractivity contribution >= 4 is 11.0 Å². The van der Waals surface area contributed by atoms with E-state index in [9.17, 15) is 0 Å². The molecule has 0 aliphatic heterocycles. The third-order valence-corrected chi connectivity index (χ3v) is 3.51. The van der Waals surface area contributed by atoms with Gasteiger partial charge in [0, 0.05) is 17.6 Å². The highest BCUT2D eigenvalue weighted by Gasteiger charge is 2.26. The van der Waals surface area contributed by atoms with Gasteiger partial charge in [-0.15, -0.1) is 0 Å². The van der Waals surface area contributed by atoms with Gasteiger partial charge in [0.15, 0.2) is 5.65 Å². The lowest BCUT2D eigenvalue weighted by molar-refractivity contribution is 0.584. The van der Waals surface area contributed by atoms with Crippen LogP contribution in [0.2, 0.25) is 0 Å². The summed E-state index contributed by atoms with van der Waals surface area (Å²) in [4.78, 5) is 4.66. The van der Waals surface area contributed by atoms with Crippen LogP contribution in [0.15, 0.2) is 12.3 Å². The van der Waals surface area contributed by atoms with E-state index in [1.54, 1.807) is 0 Å². The fourth-order valence-electron chi connectivity index (χ4n) is 2.41. The van der Waals surface area contributed by atoms with E-state index in [4.69, 9.17) is 0 Å². The van der Waals surface area contributed by atoms with E-state index in [0.717, 1.165) is 23.8 Å². The molecule has 0 amide bonds. The lowest BCUT2D eigenvalue weighted by Crippen LogP contribution is -2.01. The van der Waals surface area contributed by atoms with Crippen molar-refractivity contribution in [3.63, 3.8) is 0 Å². The van der Waals surface area contributed by atoms with Crippen LogP contribution in [0.4, 0.5) is 0 Å². The average Bonchev–Trinajstić information content (AvgIpc) is 3.08. The molecule has 1 aliphatic carbocycles. The third-order valence-electron chi connectivity index (χ3n) is 3.51. The molecule has 2 aromatic rings. The first-order valence-corrected chi connectivity index (χ1v) is 6.62. The lowest BCUT2D eigenvalue weighted by Gasteiger charge is -2.05. The van der Waals surface area contributed by atoms with Crippen LogP contribution in [0.1, 0.15) is 49.8 Å². The zero-order valence-corrected chi connectivity index (χ0v) is 10.6. The molecule has 90 valence electrons. The van der Waals surface area contributed by atoms with Crippen molar-refractivity contribution in [1.29, 1.82) is 0 Å². The highest BCUT2D eigenvalue weighted by atomic mass is 15.3. The zero-order valence-electron chi connectivity index (χ0n) is 10.6. The van der Waals surface area contributed by atoms with Crippen LogP contribution in [0, 0.1) is 6.92 Å². The molecule has 0 spiro atoms. The number of hydrogen-bond acceptors (Lipinski definition) is 2. The largest absolute Gasteiger partial charge is 0.247 e. The Balaban J connectivity index is 2.08. The molecule has 3 nitrogen and oxygen atoms in total. The molecule has 0 unspecified atom stereocenters. The summed E-state index contributed by atoms with van der Waals surface area (Å²) in [5.74, 6) is 0.767. The first-order chi connectivity index (χ1) is 8.29. The monoisotopic (exact) mass is 229 g/mol. The van der Waals surface area contributed by atoms with Crippen molar-refractivity contribution in [3.05, 3.63) is 23.5 Å². The molecule has 3 rings (SSSR count). The fourth-order valence-corrected chi connectivity index (χ4v) is 2.41. The Hall–Kier alpha value is -1.38. The number of aryl methyl sites for hydroxylation is 2. The van der Waals surface area contributed by atoms with Gasteiger partial charge in [-0.1, -0.05) is 13.3 Å². The minimum atomic E-state index is 0.767. The summed E-state index contributed by atoms with van der Waals surface area (Å²) in [6, 6.07) is 2.24. The molecule has 1 fully saturated rings. The van der Waals surface area contributed by atoms with Crippen molar-refractivity contribution in [2.75, 3.05) is 0 Å². The predicted octanol–water partition coefficient (Wildman–Crippen LogP) is 3.42. The van der Waals surface area contributed by atoms with Crippen molar-refractivity contribution in [2.24, 2.45) is 0 Å². The molecule has 0 bridgehead atoms. The second-order valence-electron chi connectivity index (χ2n) is 5.09. The molecule has 0 aromatic carbocycles. The van der Waals surface area contributed by atoms with Gasteiger partial charge in [0.2, 0.25) is 0 Å². The van der Waals surface area contributed by atoms with Gasteiger partial charge in [0.1, 0.15) is 0 Å². The van der Waals surface area contributed by atoms with Crippen LogP contribution in [0.3, 0.4) is 0 Å². The van der Waals surface area contributed by atoms with Gasteiger partial charge in [-0.05, 0) is 43.7 Å². The Kier molecular flexibility index (Phi) is 2.61. The second-order valence-corrected chi connectivity index (χ2v) is 5.09. The van der Waals surface area contributed by atoms with E-state index in [1.807, 2.05) is 6.20 Å². The Morgan fingerprint density at radius 1 is 1.41 bits per heavy atom. The van der Waals surface area contributed by atoms with E-state index in [1.165, 1.54) is 36.6 Å². The van der Waals surface area contributed by atoms with Crippen LogP contribution in [0.5, 0.6) is 0 Å². The molecule has 2 aromatic heterocycles. The molecular weight excluding hydrogens is 210 g/mol. The molecule has 1 aliphatic rings. The van der Waals surface area contributed by atoms with E-state index >= 15 is 0 Å². The van der Waals surface area contributed by atoms with Crippen LogP contribution >= 0.6 is 0 Å². The number of nitrogens with zero attached hydrogens (tertiary/aromatic N) is 3. The van der Waals surface area contributed by atoms with Gasteiger partial charge in [0.25, 0.3) is 0 Å². The van der Waals surface area contributed by atoms with Crippen molar-refractivity contribution < 1.29 is 0 Å². The number of fused-ring (bicyclic) bond motifs is 1. The maximum absolute atomic E-state index is 4.66. The number of unbranched alkanes of at least 4 members (excludes halogenated alkanes) is 1. The van der Waals surface area contributed by atoms with Crippen LogP contribution < -0.4 is 0 Å². The molecule has 0 atom stereocenters. The minimum Gasteiger partial charge on any atom is -0.247 e. The van der Waals surface area contributed by atoms with Crippen molar-refractivity contribution in [1.82, 2.24) is 14.8 Å². The summed E-state index contributed by atoms with van der Waals surface area (Å²) in [5.41, 5.74) is 3.67. The Morgan fingerprint density at radius 3 is 2.94 bits per heavy atom. The molecule has 3 heteroatoms. The minimum absolute atomic E-state index is 0.767. The molecule has 0 radical (unpaired) electrons.